The second kappa shape index (κ2) is 7.34. The van der Waals surface area contributed by atoms with Crippen LogP contribution in [0.5, 0.6) is 0 Å². The molecule has 2 aromatic carbocycles. The molecule has 4 rings (SSSR count). The molecule has 0 atom stereocenters. The summed E-state index contributed by atoms with van der Waals surface area (Å²) in [6.45, 7) is 2.99. The SMILES string of the molecule is COC(=O)c1ccc(Cn2cc(C3CCNCC3)c3ccccc32)cc1. The van der Waals surface area contributed by atoms with Gasteiger partial charge in [-0.3, -0.25) is 0 Å². The van der Waals surface area contributed by atoms with Crippen molar-refractivity contribution in [3.63, 3.8) is 0 Å². The first-order valence-electron chi connectivity index (χ1n) is 9.22. The summed E-state index contributed by atoms with van der Waals surface area (Å²) in [4.78, 5) is 11.6. The number of rotatable bonds is 4. The number of hydrogen-bond acceptors (Lipinski definition) is 3. The fraction of sp³-hybridized carbons (Fsp3) is 0.318. The molecule has 0 amide bonds. The van der Waals surface area contributed by atoms with Gasteiger partial charge in [-0.15, -0.1) is 0 Å². The summed E-state index contributed by atoms with van der Waals surface area (Å²) < 4.78 is 7.11. The monoisotopic (exact) mass is 348 g/mol. The van der Waals surface area contributed by atoms with Gasteiger partial charge in [0.05, 0.1) is 12.7 Å². The predicted molar refractivity (Wildman–Crippen MR) is 104 cm³/mol. The average Bonchev–Trinajstić information content (AvgIpc) is 3.07. The van der Waals surface area contributed by atoms with E-state index in [1.165, 1.54) is 42.0 Å². The Morgan fingerprint density at radius 2 is 1.85 bits per heavy atom. The van der Waals surface area contributed by atoms with Crippen LogP contribution >= 0.6 is 0 Å². The summed E-state index contributed by atoms with van der Waals surface area (Å²) in [5.41, 5.74) is 4.51. The summed E-state index contributed by atoms with van der Waals surface area (Å²) >= 11 is 0. The largest absolute Gasteiger partial charge is 0.465 e. The van der Waals surface area contributed by atoms with Crippen LogP contribution in [-0.2, 0) is 11.3 Å². The zero-order valence-corrected chi connectivity index (χ0v) is 15.1. The lowest BCUT2D eigenvalue weighted by molar-refractivity contribution is 0.0600. The Morgan fingerprint density at radius 3 is 2.58 bits per heavy atom. The van der Waals surface area contributed by atoms with E-state index in [1.54, 1.807) is 0 Å². The van der Waals surface area contributed by atoms with Gasteiger partial charge in [0.25, 0.3) is 0 Å². The summed E-state index contributed by atoms with van der Waals surface area (Å²) in [5, 5.41) is 4.82. The minimum Gasteiger partial charge on any atom is -0.465 e. The van der Waals surface area contributed by atoms with Crippen LogP contribution in [0, 0.1) is 0 Å². The van der Waals surface area contributed by atoms with Gasteiger partial charge in [-0.1, -0.05) is 30.3 Å². The number of benzene rings is 2. The summed E-state index contributed by atoms with van der Waals surface area (Å²) in [7, 11) is 1.41. The van der Waals surface area contributed by atoms with Crippen LogP contribution in [0.25, 0.3) is 10.9 Å². The number of piperidine rings is 1. The van der Waals surface area contributed by atoms with Crippen LogP contribution in [0.3, 0.4) is 0 Å². The van der Waals surface area contributed by atoms with Gasteiger partial charge in [-0.05, 0) is 61.2 Å². The van der Waals surface area contributed by atoms with Gasteiger partial charge in [-0.25, -0.2) is 4.79 Å². The molecule has 4 nitrogen and oxygen atoms in total. The van der Waals surface area contributed by atoms with Crippen molar-refractivity contribution in [1.29, 1.82) is 0 Å². The number of carbonyl (C=O) groups excluding carboxylic acids is 1. The highest BCUT2D eigenvalue weighted by atomic mass is 16.5. The first-order chi connectivity index (χ1) is 12.8. The quantitative estimate of drug-likeness (QED) is 0.726. The molecule has 1 aliphatic rings. The molecule has 0 aliphatic carbocycles. The molecule has 0 bridgehead atoms. The number of methoxy groups -OCH3 is 1. The van der Waals surface area contributed by atoms with E-state index in [-0.39, 0.29) is 5.97 Å². The molecule has 0 unspecified atom stereocenters. The van der Waals surface area contributed by atoms with Gasteiger partial charge in [0.15, 0.2) is 0 Å². The summed E-state index contributed by atoms with van der Waals surface area (Å²) in [5.74, 6) is 0.334. The number of esters is 1. The van der Waals surface area contributed by atoms with Crippen molar-refractivity contribution < 1.29 is 9.53 Å². The normalized spacial score (nSPS) is 15.3. The number of nitrogens with zero attached hydrogens (tertiary/aromatic N) is 1. The molecule has 134 valence electrons. The smallest absolute Gasteiger partial charge is 0.337 e. The number of nitrogens with one attached hydrogen (secondary N) is 1. The van der Waals surface area contributed by atoms with Crippen molar-refractivity contribution in [2.24, 2.45) is 0 Å². The first-order valence-corrected chi connectivity index (χ1v) is 9.22. The minimum atomic E-state index is -0.295. The van der Waals surface area contributed by atoms with Crippen LogP contribution in [0.15, 0.2) is 54.7 Å². The summed E-state index contributed by atoms with van der Waals surface area (Å²) in [6, 6.07) is 16.3. The number of carbonyl (C=O) groups is 1. The molecule has 1 fully saturated rings. The van der Waals surface area contributed by atoms with Crippen LogP contribution < -0.4 is 5.32 Å². The number of ether oxygens (including phenoxy) is 1. The fourth-order valence-corrected chi connectivity index (χ4v) is 3.93. The maximum Gasteiger partial charge on any atom is 0.337 e. The second-order valence-corrected chi connectivity index (χ2v) is 6.94. The molecule has 1 aliphatic heterocycles. The highest BCUT2D eigenvalue weighted by molar-refractivity contribution is 5.89. The zero-order valence-electron chi connectivity index (χ0n) is 15.1. The van der Waals surface area contributed by atoms with Crippen LogP contribution in [-0.4, -0.2) is 30.7 Å². The van der Waals surface area contributed by atoms with Crippen molar-refractivity contribution >= 4 is 16.9 Å². The standard InChI is InChI=1S/C22H24N2O2/c1-26-22(25)18-8-6-16(7-9-18)14-24-15-20(17-10-12-23-13-11-17)19-4-2-3-5-21(19)24/h2-9,15,17,23H,10-14H2,1H3. The predicted octanol–water partition coefficient (Wildman–Crippen LogP) is 3.94. The third kappa shape index (κ3) is 3.25. The van der Waals surface area contributed by atoms with Gasteiger partial charge >= 0.3 is 5.97 Å². The van der Waals surface area contributed by atoms with Crippen LogP contribution in [0.2, 0.25) is 0 Å². The van der Waals surface area contributed by atoms with E-state index in [9.17, 15) is 4.79 Å². The van der Waals surface area contributed by atoms with Crippen molar-refractivity contribution in [2.75, 3.05) is 20.2 Å². The average molecular weight is 348 g/mol. The second-order valence-electron chi connectivity index (χ2n) is 6.94. The van der Waals surface area contributed by atoms with E-state index in [0.29, 0.717) is 11.5 Å². The lowest BCUT2D eigenvalue weighted by Gasteiger charge is -2.22. The lowest BCUT2D eigenvalue weighted by Crippen LogP contribution is -2.26. The minimum absolute atomic E-state index is 0.295. The molecule has 3 aromatic rings. The molecule has 2 heterocycles. The van der Waals surface area contributed by atoms with Gasteiger partial charge in [0.2, 0.25) is 0 Å². The maximum absolute atomic E-state index is 11.6. The Bertz CT molecular complexity index is 906. The third-order valence-electron chi connectivity index (χ3n) is 5.33. The highest BCUT2D eigenvalue weighted by Crippen LogP contribution is 2.33. The molecule has 4 heteroatoms. The van der Waals surface area contributed by atoms with Crippen molar-refractivity contribution in [1.82, 2.24) is 9.88 Å². The van der Waals surface area contributed by atoms with Crippen LogP contribution in [0.1, 0.15) is 40.2 Å². The van der Waals surface area contributed by atoms with Gasteiger partial charge in [-0.2, -0.15) is 0 Å². The number of para-hydroxylation sites is 1. The highest BCUT2D eigenvalue weighted by Gasteiger charge is 2.20. The molecule has 0 radical (unpaired) electrons. The Balaban J connectivity index is 1.65. The van der Waals surface area contributed by atoms with E-state index < -0.39 is 0 Å². The fourth-order valence-electron chi connectivity index (χ4n) is 3.93. The molecule has 0 saturated carbocycles. The molecule has 1 saturated heterocycles. The Labute approximate surface area is 153 Å². The van der Waals surface area contributed by atoms with E-state index in [0.717, 1.165) is 19.6 Å². The van der Waals surface area contributed by atoms with Crippen molar-refractivity contribution in [3.05, 3.63) is 71.4 Å². The molecule has 0 spiro atoms. The Morgan fingerprint density at radius 1 is 1.12 bits per heavy atom. The number of hydrogen-bond donors (Lipinski definition) is 1. The molecule has 1 N–H and O–H groups in total. The van der Waals surface area contributed by atoms with E-state index in [2.05, 4.69) is 40.3 Å². The first kappa shape index (κ1) is 16.9. The van der Waals surface area contributed by atoms with Gasteiger partial charge in [0.1, 0.15) is 0 Å². The molecular weight excluding hydrogens is 324 g/mol. The number of aromatic nitrogens is 1. The van der Waals surface area contributed by atoms with Gasteiger partial charge < -0.3 is 14.6 Å². The van der Waals surface area contributed by atoms with Crippen molar-refractivity contribution in [2.45, 2.75) is 25.3 Å². The maximum atomic E-state index is 11.6. The van der Waals surface area contributed by atoms with E-state index in [1.807, 2.05) is 24.3 Å². The van der Waals surface area contributed by atoms with Gasteiger partial charge in [0, 0.05) is 23.6 Å². The summed E-state index contributed by atoms with van der Waals surface area (Å²) in [6.07, 6.45) is 4.72. The van der Waals surface area contributed by atoms with E-state index >= 15 is 0 Å². The van der Waals surface area contributed by atoms with E-state index in [4.69, 9.17) is 4.74 Å². The lowest BCUT2D eigenvalue weighted by atomic mass is 9.90. The Kier molecular flexibility index (Phi) is 4.76. The molecular formula is C22H24N2O2. The molecule has 1 aromatic heterocycles. The van der Waals surface area contributed by atoms with Crippen LogP contribution in [0.4, 0.5) is 0 Å². The molecule has 26 heavy (non-hydrogen) atoms. The topological polar surface area (TPSA) is 43.3 Å². The zero-order chi connectivity index (χ0) is 17.9. The number of fused-ring (bicyclic) bond motifs is 1. The third-order valence-corrected chi connectivity index (χ3v) is 5.33. The Hall–Kier alpha value is -2.59. The van der Waals surface area contributed by atoms with Crippen molar-refractivity contribution in [3.8, 4) is 0 Å².